The minimum Gasteiger partial charge on any atom is -0.392 e. The first-order valence-electron chi connectivity index (χ1n) is 8.88. The number of nitrogens with zero attached hydrogens (tertiary/aromatic N) is 4. The predicted octanol–water partition coefficient (Wildman–Crippen LogP) is 0.873. The number of ether oxygens (including phenoxy) is 1. The highest BCUT2D eigenvalue weighted by Gasteiger charge is 2.27. The van der Waals surface area contributed by atoms with Gasteiger partial charge in [-0.25, -0.2) is 22.8 Å². The largest absolute Gasteiger partial charge is 0.392 e. The van der Waals surface area contributed by atoms with E-state index in [4.69, 9.17) is 4.74 Å². The van der Waals surface area contributed by atoms with Gasteiger partial charge in [-0.05, 0) is 0 Å². The van der Waals surface area contributed by atoms with Crippen LogP contribution in [0, 0.1) is 5.82 Å². The standard InChI is InChI=1S/C18H23FN4O4S/c1-27-9-10-28(25,26)23-7-5-22(6-8-23)18-20-11-15(12-21-18)16-4-2-3-14(13-24)17(16)19/h2-4,11-12,24H,5-10,13H2,1H3. The summed E-state index contributed by atoms with van der Waals surface area (Å²) in [6.45, 7) is 1.44. The number of halogens is 1. The maximum absolute atomic E-state index is 14.4. The minimum absolute atomic E-state index is 0.0346. The molecule has 3 rings (SSSR count). The molecule has 1 fully saturated rings. The van der Waals surface area contributed by atoms with Gasteiger partial charge >= 0.3 is 0 Å². The highest BCUT2D eigenvalue weighted by Crippen LogP contribution is 2.25. The molecule has 10 heteroatoms. The number of benzene rings is 1. The zero-order chi connectivity index (χ0) is 20.1. The number of aliphatic hydroxyl groups excluding tert-OH is 1. The lowest BCUT2D eigenvalue weighted by Crippen LogP contribution is -2.50. The van der Waals surface area contributed by atoms with Crippen molar-refractivity contribution in [1.29, 1.82) is 0 Å². The quantitative estimate of drug-likeness (QED) is 0.724. The summed E-state index contributed by atoms with van der Waals surface area (Å²) in [4.78, 5) is 10.5. The first-order valence-corrected chi connectivity index (χ1v) is 10.5. The molecule has 1 N–H and O–H groups in total. The van der Waals surface area contributed by atoms with E-state index in [2.05, 4.69) is 9.97 Å². The first-order chi connectivity index (χ1) is 13.5. The third kappa shape index (κ3) is 4.46. The number of anilines is 1. The average molecular weight is 410 g/mol. The maximum atomic E-state index is 14.4. The number of methoxy groups -OCH3 is 1. The van der Waals surface area contributed by atoms with Crippen LogP contribution in [0.15, 0.2) is 30.6 Å². The molecule has 1 aliphatic rings. The van der Waals surface area contributed by atoms with E-state index in [1.54, 1.807) is 12.1 Å². The van der Waals surface area contributed by atoms with Gasteiger partial charge in [0.1, 0.15) is 5.82 Å². The van der Waals surface area contributed by atoms with Gasteiger partial charge in [0.15, 0.2) is 0 Å². The summed E-state index contributed by atoms with van der Waals surface area (Å²) in [5.74, 6) is -0.0553. The lowest BCUT2D eigenvalue weighted by molar-refractivity contribution is 0.215. The van der Waals surface area contributed by atoms with E-state index in [0.29, 0.717) is 43.3 Å². The van der Waals surface area contributed by atoms with Crippen molar-refractivity contribution in [3.05, 3.63) is 42.0 Å². The molecule has 0 bridgehead atoms. The van der Waals surface area contributed by atoms with E-state index in [0.717, 1.165) is 0 Å². The van der Waals surface area contributed by atoms with Gasteiger partial charge in [-0.3, -0.25) is 0 Å². The Morgan fingerprint density at radius 3 is 2.46 bits per heavy atom. The van der Waals surface area contributed by atoms with E-state index < -0.39 is 15.8 Å². The van der Waals surface area contributed by atoms with Crippen molar-refractivity contribution < 1.29 is 22.7 Å². The van der Waals surface area contributed by atoms with Crippen LogP contribution in [0.5, 0.6) is 0 Å². The Morgan fingerprint density at radius 1 is 1.18 bits per heavy atom. The number of aromatic nitrogens is 2. The highest BCUT2D eigenvalue weighted by molar-refractivity contribution is 7.89. The fourth-order valence-corrected chi connectivity index (χ4v) is 4.39. The molecule has 28 heavy (non-hydrogen) atoms. The van der Waals surface area contributed by atoms with Crippen molar-refractivity contribution in [1.82, 2.24) is 14.3 Å². The van der Waals surface area contributed by atoms with Crippen LogP contribution in [0.2, 0.25) is 0 Å². The molecule has 0 saturated carbocycles. The lowest BCUT2D eigenvalue weighted by atomic mass is 10.1. The summed E-state index contributed by atoms with van der Waals surface area (Å²) >= 11 is 0. The maximum Gasteiger partial charge on any atom is 0.225 e. The lowest BCUT2D eigenvalue weighted by Gasteiger charge is -2.33. The van der Waals surface area contributed by atoms with E-state index in [9.17, 15) is 17.9 Å². The third-order valence-electron chi connectivity index (χ3n) is 4.66. The van der Waals surface area contributed by atoms with Gasteiger partial charge in [0.05, 0.1) is 19.0 Å². The topological polar surface area (TPSA) is 95.9 Å². The Morgan fingerprint density at radius 2 is 1.86 bits per heavy atom. The SMILES string of the molecule is COCCS(=O)(=O)N1CCN(c2ncc(-c3cccc(CO)c3F)cn2)CC1. The molecular formula is C18H23FN4O4S. The Balaban J connectivity index is 1.67. The molecule has 152 valence electrons. The monoisotopic (exact) mass is 410 g/mol. The van der Waals surface area contributed by atoms with Gasteiger partial charge in [-0.1, -0.05) is 18.2 Å². The molecular weight excluding hydrogens is 387 g/mol. The average Bonchev–Trinajstić information content (AvgIpc) is 2.73. The molecule has 0 atom stereocenters. The Kier molecular flexibility index (Phi) is 6.55. The number of hydrogen-bond acceptors (Lipinski definition) is 7. The molecule has 2 aromatic rings. The van der Waals surface area contributed by atoms with Crippen LogP contribution in [0.25, 0.3) is 11.1 Å². The summed E-state index contributed by atoms with van der Waals surface area (Å²) in [7, 11) is -1.85. The van der Waals surface area contributed by atoms with Crippen molar-refractivity contribution in [3.63, 3.8) is 0 Å². The van der Waals surface area contributed by atoms with E-state index in [1.165, 1.54) is 29.9 Å². The van der Waals surface area contributed by atoms with Crippen LogP contribution in [-0.2, 0) is 21.4 Å². The smallest absolute Gasteiger partial charge is 0.225 e. The predicted molar refractivity (Wildman–Crippen MR) is 103 cm³/mol. The molecule has 0 unspecified atom stereocenters. The van der Waals surface area contributed by atoms with Crippen molar-refractivity contribution in [3.8, 4) is 11.1 Å². The zero-order valence-electron chi connectivity index (χ0n) is 15.6. The zero-order valence-corrected chi connectivity index (χ0v) is 16.4. The summed E-state index contributed by atoms with van der Waals surface area (Å²) in [6.07, 6.45) is 3.06. The molecule has 1 aromatic carbocycles. The number of sulfonamides is 1. The second-order valence-electron chi connectivity index (χ2n) is 6.40. The molecule has 0 radical (unpaired) electrons. The molecule has 1 aromatic heterocycles. The van der Waals surface area contributed by atoms with E-state index in [-0.39, 0.29) is 24.5 Å². The van der Waals surface area contributed by atoms with Gasteiger partial charge in [-0.15, -0.1) is 0 Å². The second-order valence-corrected chi connectivity index (χ2v) is 8.49. The fourth-order valence-electron chi connectivity index (χ4n) is 3.03. The van der Waals surface area contributed by atoms with Crippen LogP contribution < -0.4 is 4.90 Å². The molecule has 2 heterocycles. The number of piperazine rings is 1. The van der Waals surface area contributed by atoms with Crippen LogP contribution in [-0.4, -0.2) is 73.4 Å². The minimum atomic E-state index is -3.33. The van der Waals surface area contributed by atoms with Crippen molar-refractivity contribution in [2.75, 3.05) is 50.5 Å². The highest BCUT2D eigenvalue weighted by atomic mass is 32.2. The van der Waals surface area contributed by atoms with Gasteiger partial charge in [0.2, 0.25) is 16.0 Å². The molecule has 0 aliphatic carbocycles. The Labute approximate surface area is 163 Å². The Hall–Kier alpha value is -2.14. The van der Waals surface area contributed by atoms with Gasteiger partial charge in [-0.2, -0.15) is 4.31 Å². The summed E-state index contributed by atoms with van der Waals surface area (Å²) in [5, 5.41) is 9.20. The molecule has 8 nitrogen and oxygen atoms in total. The number of rotatable bonds is 7. The van der Waals surface area contributed by atoms with Crippen molar-refractivity contribution in [2.24, 2.45) is 0 Å². The van der Waals surface area contributed by atoms with E-state index in [1.807, 2.05) is 4.90 Å². The van der Waals surface area contributed by atoms with Gasteiger partial charge < -0.3 is 14.7 Å². The molecule has 1 saturated heterocycles. The van der Waals surface area contributed by atoms with Crippen LogP contribution in [0.4, 0.5) is 10.3 Å². The first kappa shape index (κ1) is 20.6. The summed E-state index contributed by atoms with van der Waals surface area (Å²) in [6, 6.07) is 4.80. The second kappa shape index (κ2) is 8.91. The summed E-state index contributed by atoms with van der Waals surface area (Å²) < 4.78 is 45.1. The Bertz CT molecular complexity index is 900. The number of aliphatic hydroxyl groups is 1. The third-order valence-corrected chi connectivity index (χ3v) is 6.49. The van der Waals surface area contributed by atoms with Gasteiger partial charge in [0, 0.05) is 62.4 Å². The van der Waals surface area contributed by atoms with Crippen LogP contribution in [0.1, 0.15) is 5.56 Å². The molecule has 1 aliphatic heterocycles. The molecule has 0 spiro atoms. The van der Waals surface area contributed by atoms with Crippen molar-refractivity contribution >= 4 is 16.0 Å². The number of hydrogen-bond donors (Lipinski definition) is 1. The van der Waals surface area contributed by atoms with Gasteiger partial charge in [0.25, 0.3) is 0 Å². The van der Waals surface area contributed by atoms with Crippen molar-refractivity contribution in [2.45, 2.75) is 6.61 Å². The van der Waals surface area contributed by atoms with E-state index >= 15 is 0 Å². The summed E-state index contributed by atoms with van der Waals surface area (Å²) in [5.41, 5.74) is 1.05. The van der Waals surface area contributed by atoms with Crippen LogP contribution in [0.3, 0.4) is 0 Å². The fraction of sp³-hybridized carbons (Fsp3) is 0.444. The molecule has 0 amide bonds. The normalized spacial score (nSPS) is 15.8. The van der Waals surface area contributed by atoms with Crippen LogP contribution >= 0.6 is 0 Å².